The number of nitrogens with one attached hydrogen (secondary N) is 1. The maximum Gasteiger partial charge on any atom is 0.225 e. The molecular weight excluding hydrogens is 312 g/mol. The first-order chi connectivity index (χ1) is 11.3. The van der Waals surface area contributed by atoms with Crippen LogP contribution in [0.2, 0.25) is 0 Å². The largest absolute Gasteiger partial charge is 0.351 e. The minimum atomic E-state index is 0.0768. The number of carbonyl (C=O) groups is 1. The number of hydrogen-bond acceptors (Lipinski definition) is 6. The second-order valence-electron chi connectivity index (χ2n) is 5.57. The lowest BCUT2D eigenvalue weighted by atomic mass is 10.2. The van der Waals surface area contributed by atoms with Crippen molar-refractivity contribution in [3.8, 4) is 0 Å². The van der Waals surface area contributed by atoms with Crippen LogP contribution in [0.4, 0.5) is 5.82 Å². The number of nitrogens with zero attached hydrogens (tertiary/aromatic N) is 5. The maximum absolute atomic E-state index is 12.1. The van der Waals surface area contributed by atoms with Crippen LogP contribution < -0.4 is 10.2 Å². The fourth-order valence-corrected chi connectivity index (χ4v) is 3.59. The van der Waals surface area contributed by atoms with Gasteiger partial charge in [-0.05, 0) is 17.9 Å². The number of fused-ring (bicyclic) bond motifs is 1. The zero-order valence-electron chi connectivity index (χ0n) is 12.4. The van der Waals surface area contributed by atoms with Gasteiger partial charge in [-0.1, -0.05) is 6.07 Å². The second kappa shape index (κ2) is 5.96. The summed E-state index contributed by atoms with van der Waals surface area (Å²) in [4.78, 5) is 19.8. The molecule has 7 nitrogen and oxygen atoms in total. The van der Waals surface area contributed by atoms with Crippen LogP contribution in [-0.2, 0) is 11.2 Å². The van der Waals surface area contributed by atoms with Crippen LogP contribution in [-0.4, -0.2) is 44.6 Å². The van der Waals surface area contributed by atoms with E-state index >= 15 is 0 Å². The van der Waals surface area contributed by atoms with Crippen molar-refractivity contribution >= 4 is 28.7 Å². The molecule has 1 amide bonds. The van der Waals surface area contributed by atoms with Crippen LogP contribution in [0.25, 0.3) is 5.65 Å². The van der Waals surface area contributed by atoms with Crippen LogP contribution in [0.3, 0.4) is 0 Å². The van der Waals surface area contributed by atoms with E-state index in [4.69, 9.17) is 0 Å². The highest BCUT2D eigenvalue weighted by Crippen LogP contribution is 2.21. The highest BCUT2D eigenvalue weighted by Gasteiger charge is 2.26. The monoisotopic (exact) mass is 328 g/mol. The fourth-order valence-electron chi connectivity index (χ4n) is 2.89. The maximum atomic E-state index is 12.1. The van der Waals surface area contributed by atoms with Gasteiger partial charge >= 0.3 is 0 Å². The van der Waals surface area contributed by atoms with E-state index in [2.05, 4.69) is 25.4 Å². The minimum Gasteiger partial charge on any atom is -0.351 e. The molecule has 1 atom stereocenters. The number of thiophene rings is 1. The van der Waals surface area contributed by atoms with Gasteiger partial charge in [0, 0.05) is 36.4 Å². The van der Waals surface area contributed by atoms with Gasteiger partial charge in [-0.25, -0.2) is 4.98 Å². The van der Waals surface area contributed by atoms with Crippen molar-refractivity contribution in [3.63, 3.8) is 0 Å². The van der Waals surface area contributed by atoms with Gasteiger partial charge in [0.25, 0.3) is 0 Å². The Morgan fingerprint density at radius 1 is 1.48 bits per heavy atom. The first kappa shape index (κ1) is 14.1. The summed E-state index contributed by atoms with van der Waals surface area (Å²) in [6.45, 7) is 1.60. The lowest BCUT2D eigenvalue weighted by Gasteiger charge is -2.18. The number of amides is 1. The molecule has 23 heavy (non-hydrogen) atoms. The normalized spacial score (nSPS) is 17.7. The topological polar surface area (TPSA) is 75.4 Å². The van der Waals surface area contributed by atoms with Crippen molar-refractivity contribution in [3.05, 3.63) is 41.1 Å². The van der Waals surface area contributed by atoms with Gasteiger partial charge in [0.1, 0.15) is 6.33 Å². The molecule has 4 heterocycles. The third-order valence-electron chi connectivity index (χ3n) is 3.96. The van der Waals surface area contributed by atoms with Gasteiger partial charge in [0.15, 0.2) is 5.82 Å². The van der Waals surface area contributed by atoms with E-state index in [1.165, 1.54) is 0 Å². The summed E-state index contributed by atoms with van der Waals surface area (Å²) in [6.07, 6.45) is 6.60. The molecule has 3 aromatic heterocycles. The molecule has 4 rings (SSSR count). The molecule has 1 aliphatic heterocycles. The Morgan fingerprint density at radius 3 is 3.30 bits per heavy atom. The van der Waals surface area contributed by atoms with E-state index in [9.17, 15) is 4.79 Å². The van der Waals surface area contributed by atoms with Gasteiger partial charge in [-0.2, -0.15) is 0 Å². The molecule has 0 saturated carbocycles. The van der Waals surface area contributed by atoms with Crippen molar-refractivity contribution in [2.45, 2.75) is 18.9 Å². The van der Waals surface area contributed by atoms with Crippen LogP contribution in [0.5, 0.6) is 0 Å². The summed E-state index contributed by atoms with van der Waals surface area (Å²) in [7, 11) is 0. The fraction of sp³-hybridized carbons (Fsp3) is 0.333. The molecule has 0 radical (unpaired) electrons. The van der Waals surface area contributed by atoms with Crippen molar-refractivity contribution in [1.29, 1.82) is 0 Å². The molecule has 118 valence electrons. The Bertz CT molecular complexity index is 814. The van der Waals surface area contributed by atoms with Gasteiger partial charge in [-0.15, -0.1) is 21.5 Å². The second-order valence-corrected chi connectivity index (χ2v) is 6.60. The zero-order valence-corrected chi connectivity index (χ0v) is 13.2. The lowest BCUT2D eigenvalue weighted by molar-refractivity contribution is -0.120. The van der Waals surface area contributed by atoms with E-state index in [0.717, 1.165) is 35.9 Å². The number of anilines is 1. The molecule has 8 heteroatoms. The predicted molar refractivity (Wildman–Crippen MR) is 87.6 cm³/mol. The van der Waals surface area contributed by atoms with Crippen LogP contribution in [0, 0.1) is 0 Å². The predicted octanol–water partition coefficient (Wildman–Crippen LogP) is 1.12. The Balaban J connectivity index is 1.41. The number of carbonyl (C=O) groups excluding carboxylic acids is 1. The van der Waals surface area contributed by atoms with Gasteiger partial charge in [-0.3, -0.25) is 9.20 Å². The van der Waals surface area contributed by atoms with E-state index in [1.54, 1.807) is 23.9 Å². The van der Waals surface area contributed by atoms with Gasteiger partial charge in [0.05, 0.1) is 6.42 Å². The van der Waals surface area contributed by atoms with Gasteiger partial charge in [0.2, 0.25) is 11.6 Å². The number of rotatable bonds is 4. The smallest absolute Gasteiger partial charge is 0.225 e. The summed E-state index contributed by atoms with van der Waals surface area (Å²) in [5.41, 5.74) is 0.748. The molecule has 1 saturated heterocycles. The molecule has 0 bridgehead atoms. The van der Waals surface area contributed by atoms with Gasteiger partial charge < -0.3 is 10.2 Å². The zero-order chi connectivity index (χ0) is 15.6. The van der Waals surface area contributed by atoms with E-state index in [0.29, 0.717) is 6.42 Å². The molecule has 0 spiro atoms. The summed E-state index contributed by atoms with van der Waals surface area (Å²) >= 11 is 1.61. The molecule has 0 unspecified atom stereocenters. The first-order valence-electron chi connectivity index (χ1n) is 7.50. The number of aromatic nitrogens is 4. The molecule has 1 aliphatic rings. The summed E-state index contributed by atoms with van der Waals surface area (Å²) < 4.78 is 1.85. The van der Waals surface area contributed by atoms with Crippen molar-refractivity contribution in [1.82, 2.24) is 24.9 Å². The number of hydrogen-bond donors (Lipinski definition) is 1. The Kier molecular flexibility index (Phi) is 3.66. The highest BCUT2D eigenvalue weighted by atomic mass is 32.1. The quantitative estimate of drug-likeness (QED) is 0.777. The SMILES string of the molecule is O=C(Cc1cccs1)N[C@@H]1CCN(c2nccn3cnnc23)C1. The summed E-state index contributed by atoms with van der Waals surface area (Å²) in [5, 5.41) is 13.1. The molecule has 1 N–H and O–H groups in total. The van der Waals surface area contributed by atoms with Crippen LogP contribution >= 0.6 is 11.3 Å². The molecule has 1 fully saturated rings. The Labute approximate surface area is 137 Å². The van der Waals surface area contributed by atoms with Crippen molar-refractivity contribution in [2.75, 3.05) is 18.0 Å². The van der Waals surface area contributed by atoms with E-state index < -0.39 is 0 Å². The highest BCUT2D eigenvalue weighted by molar-refractivity contribution is 7.10. The van der Waals surface area contributed by atoms with Crippen LogP contribution in [0.1, 0.15) is 11.3 Å². The third kappa shape index (κ3) is 2.89. The molecule has 0 aromatic carbocycles. The lowest BCUT2D eigenvalue weighted by Crippen LogP contribution is -2.38. The first-order valence-corrected chi connectivity index (χ1v) is 8.38. The van der Waals surface area contributed by atoms with E-state index in [1.807, 2.05) is 28.1 Å². The Hall–Kier alpha value is -2.48. The Morgan fingerprint density at radius 2 is 2.43 bits per heavy atom. The third-order valence-corrected chi connectivity index (χ3v) is 4.84. The van der Waals surface area contributed by atoms with Crippen LogP contribution in [0.15, 0.2) is 36.2 Å². The standard InChI is InChI=1S/C15H16N6OS/c22-13(8-12-2-1-7-23-12)18-11-3-5-20(9-11)14-15-19-17-10-21(15)6-4-16-14/h1-2,4,6-7,10-11H,3,5,8-9H2,(H,18,22)/t11-/m1/s1. The average molecular weight is 328 g/mol. The summed E-state index contributed by atoms with van der Waals surface area (Å²) in [5.74, 6) is 0.896. The summed E-state index contributed by atoms with van der Waals surface area (Å²) in [6, 6.07) is 4.10. The molecular formula is C15H16N6OS. The van der Waals surface area contributed by atoms with E-state index in [-0.39, 0.29) is 11.9 Å². The van der Waals surface area contributed by atoms with Crippen molar-refractivity contribution < 1.29 is 4.79 Å². The van der Waals surface area contributed by atoms with Crippen molar-refractivity contribution in [2.24, 2.45) is 0 Å². The molecule has 3 aromatic rings. The minimum absolute atomic E-state index is 0.0768. The average Bonchev–Trinajstić information content (AvgIpc) is 3.27. The molecule has 0 aliphatic carbocycles.